The van der Waals surface area contributed by atoms with Crippen molar-refractivity contribution in [3.8, 4) is 0 Å². The Morgan fingerprint density at radius 3 is 2.36 bits per heavy atom. The van der Waals surface area contributed by atoms with Crippen molar-refractivity contribution in [3.05, 3.63) is 65.5 Å². The first kappa shape index (κ1) is 18.6. The summed E-state index contributed by atoms with van der Waals surface area (Å²) in [5, 5.41) is 0. The highest BCUT2D eigenvalue weighted by molar-refractivity contribution is 7.89. The number of aromatic nitrogens is 1. The van der Waals surface area contributed by atoms with Crippen LogP contribution >= 0.6 is 0 Å². The van der Waals surface area contributed by atoms with Gasteiger partial charge in [-0.2, -0.15) is 0 Å². The maximum Gasteiger partial charge on any atom is 0.357 e. The number of esters is 1. The van der Waals surface area contributed by atoms with Gasteiger partial charge in [-0.15, -0.1) is 0 Å². The molecule has 0 aliphatic carbocycles. The zero-order valence-corrected chi connectivity index (χ0v) is 14.6. The largest absolute Gasteiger partial charge is 0.458 e. The average Bonchev–Trinajstić information content (AvgIpc) is 2.54. The Balaban J connectivity index is 2.04. The number of carbonyl (C=O) groups is 2. The molecule has 0 aliphatic heterocycles. The summed E-state index contributed by atoms with van der Waals surface area (Å²) in [5.41, 5.74) is 0.628. The molecule has 0 saturated heterocycles. The predicted molar refractivity (Wildman–Crippen MR) is 91.3 cm³/mol. The van der Waals surface area contributed by atoms with Gasteiger partial charge in [-0.3, -0.25) is 4.79 Å². The fraction of sp³-hybridized carbons (Fsp3) is 0.235. The van der Waals surface area contributed by atoms with Crippen LogP contribution in [0.15, 0.2) is 48.7 Å². The number of sulfonamides is 1. The number of carbonyl (C=O) groups excluding carboxylic acids is 2. The molecule has 1 amide bonds. The number of nitrogens with one attached hydrogen (secondary N) is 1. The number of hydrogen-bond acceptors (Lipinski definition) is 6. The van der Waals surface area contributed by atoms with Crippen molar-refractivity contribution in [2.75, 3.05) is 0 Å². The third-order valence-electron chi connectivity index (χ3n) is 3.03. The van der Waals surface area contributed by atoms with E-state index in [1.54, 1.807) is 44.2 Å². The van der Waals surface area contributed by atoms with Crippen molar-refractivity contribution in [1.82, 2.24) is 9.71 Å². The molecule has 8 heteroatoms. The second-order valence-electron chi connectivity index (χ2n) is 5.56. The van der Waals surface area contributed by atoms with E-state index in [0.717, 1.165) is 6.20 Å². The van der Waals surface area contributed by atoms with E-state index >= 15 is 0 Å². The topological polar surface area (TPSA) is 102 Å². The second-order valence-corrected chi connectivity index (χ2v) is 7.28. The van der Waals surface area contributed by atoms with Gasteiger partial charge in [-0.05, 0) is 31.5 Å². The minimum Gasteiger partial charge on any atom is -0.458 e. The van der Waals surface area contributed by atoms with Crippen LogP contribution in [0.4, 0.5) is 0 Å². The first-order valence-electron chi connectivity index (χ1n) is 7.52. The van der Waals surface area contributed by atoms with Gasteiger partial charge in [0.15, 0.2) is 0 Å². The molecule has 0 fully saturated rings. The van der Waals surface area contributed by atoms with E-state index in [-0.39, 0.29) is 23.1 Å². The lowest BCUT2D eigenvalue weighted by molar-refractivity contribution is 0.0370. The van der Waals surface area contributed by atoms with Crippen LogP contribution in [0, 0.1) is 0 Å². The molecule has 7 nitrogen and oxygen atoms in total. The number of nitrogens with zero attached hydrogens (tertiary/aromatic N) is 1. The summed E-state index contributed by atoms with van der Waals surface area (Å²) in [6, 6.07) is 11.1. The molecule has 1 heterocycles. The van der Waals surface area contributed by atoms with Gasteiger partial charge in [0.2, 0.25) is 10.0 Å². The number of benzene rings is 1. The predicted octanol–water partition coefficient (Wildman–Crippen LogP) is 1.91. The van der Waals surface area contributed by atoms with Gasteiger partial charge in [0.05, 0.1) is 17.4 Å². The molecule has 0 aliphatic rings. The highest BCUT2D eigenvalue weighted by Gasteiger charge is 2.18. The standard InChI is InChI=1S/C17H18N2O5S/c1-12(2)24-17(21)15-9-8-14(10-18-15)16(20)19-25(22,23)11-13-6-4-3-5-7-13/h3-10,12H,11H2,1-2H3,(H,19,20). The molecule has 0 bridgehead atoms. The van der Waals surface area contributed by atoms with Gasteiger partial charge in [-0.25, -0.2) is 22.9 Å². The van der Waals surface area contributed by atoms with Crippen LogP contribution in [0.2, 0.25) is 0 Å². The third-order valence-corrected chi connectivity index (χ3v) is 4.24. The molecule has 0 saturated carbocycles. The molecule has 0 unspecified atom stereocenters. The normalized spacial score (nSPS) is 11.2. The summed E-state index contributed by atoms with van der Waals surface area (Å²) in [6.45, 7) is 3.41. The van der Waals surface area contributed by atoms with Crippen LogP contribution in [0.3, 0.4) is 0 Å². The monoisotopic (exact) mass is 362 g/mol. The maximum atomic E-state index is 12.1. The second kappa shape index (κ2) is 7.89. The highest BCUT2D eigenvalue weighted by atomic mass is 32.2. The van der Waals surface area contributed by atoms with Gasteiger partial charge in [0, 0.05) is 6.20 Å². The van der Waals surface area contributed by atoms with E-state index in [1.807, 2.05) is 4.72 Å². The van der Waals surface area contributed by atoms with Crippen LogP contribution in [0.1, 0.15) is 40.3 Å². The van der Waals surface area contributed by atoms with Crippen molar-refractivity contribution in [2.45, 2.75) is 25.7 Å². The van der Waals surface area contributed by atoms with Gasteiger partial charge in [0.25, 0.3) is 5.91 Å². The molecule has 132 valence electrons. The summed E-state index contributed by atoms with van der Waals surface area (Å²) < 4.78 is 31.1. The number of amides is 1. The first-order valence-corrected chi connectivity index (χ1v) is 9.18. The fourth-order valence-electron chi connectivity index (χ4n) is 1.95. The Morgan fingerprint density at radius 1 is 1.12 bits per heavy atom. The number of ether oxygens (including phenoxy) is 1. The van der Waals surface area contributed by atoms with E-state index in [1.165, 1.54) is 12.1 Å². The minimum absolute atomic E-state index is 0.0257. The molecule has 1 aromatic carbocycles. The number of hydrogen-bond donors (Lipinski definition) is 1. The smallest absolute Gasteiger partial charge is 0.357 e. The summed E-state index contributed by atoms with van der Waals surface area (Å²) in [6.07, 6.45) is 0.838. The molecular weight excluding hydrogens is 344 g/mol. The maximum absolute atomic E-state index is 12.1. The van der Waals surface area contributed by atoms with Crippen molar-refractivity contribution >= 4 is 21.9 Å². The molecule has 25 heavy (non-hydrogen) atoms. The lowest BCUT2D eigenvalue weighted by Crippen LogP contribution is -2.31. The molecule has 1 N–H and O–H groups in total. The zero-order valence-electron chi connectivity index (χ0n) is 13.8. The molecule has 2 aromatic rings. The lowest BCUT2D eigenvalue weighted by Gasteiger charge is -2.08. The molecular formula is C17H18N2O5S. The number of rotatable bonds is 6. The Kier molecular flexibility index (Phi) is 5.87. The quantitative estimate of drug-likeness (QED) is 0.788. The van der Waals surface area contributed by atoms with Crippen LogP contribution < -0.4 is 4.72 Å². The number of pyridine rings is 1. The Bertz CT molecular complexity index is 846. The molecule has 0 spiro atoms. The van der Waals surface area contributed by atoms with E-state index in [2.05, 4.69) is 4.98 Å². The van der Waals surface area contributed by atoms with Gasteiger partial charge < -0.3 is 4.74 Å². The molecule has 1 aromatic heterocycles. The third kappa shape index (κ3) is 5.68. The first-order chi connectivity index (χ1) is 11.8. The minimum atomic E-state index is -3.84. The van der Waals surface area contributed by atoms with Gasteiger partial charge in [-0.1, -0.05) is 30.3 Å². The Labute approximate surface area is 146 Å². The van der Waals surface area contributed by atoms with Gasteiger partial charge in [0.1, 0.15) is 5.69 Å². The van der Waals surface area contributed by atoms with Crippen molar-refractivity contribution in [1.29, 1.82) is 0 Å². The summed E-state index contributed by atoms with van der Waals surface area (Å²) >= 11 is 0. The van der Waals surface area contributed by atoms with Crippen LogP contribution in [0.5, 0.6) is 0 Å². The van der Waals surface area contributed by atoms with E-state index < -0.39 is 21.9 Å². The Hall–Kier alpha value is -2.74. The van der Waals surface area contributed by atoms with Crippen molar-refractivity contribution in [3.63, 3.8) is 0 Å². The molecule has 0 atom stereocenters. The Morgan fingerprint density at radius 2 is 1.80 bits per heavy atom. The van der Waals surface area contributed by atoms with E-state index in [9.17, 15) is 18.0 Å². The van der Waals surface area contributed by atoms with E-state index in [4.69, 9.17) is 4.74 Å². The fourth-order valence-corrected chi connectivity index (χ4v) is 3.06. The molecule has 0 radical (unpaired) electrons. The van der Waals surface area contributed by atoms with Crippen LogP contribution in [-0.2, 0) is 20.5 Å². The van der Waals surface area contributed by atoms with Crippen molar-refractivity contribution < 1.29 is 22.7 Å². The van der Waals surface area contributed by atoms with E-state index in [0.29, 0.717) is 5.56 Å². The van der Waals surface area contributed by atoms with Gasteiger partial charge >= 0.3 is 5.97 Å². The summed E-state index contributed by atoms with van der Waals surface area (Å²) in [5.74, 6) is -1.74. The van der Waals surface area contributed by atoms with Crippen LogP contribution in [0.25, 0.3) is 0 Å². The van der Waals surface area contributed by atoms with Crippen LogP contribution in [-0.4, -0.2) is 31.4 Å². The van der Waals surface area contributed by atoms with Crippen molar-refractivity contribution in [2.24, 2.45) is 0 Å². The zero-order chi connectivity index (χ0) is 18.4. The summed E-state index contributed by atoms with van der Waals surface area (Å²) in [4.78, 5) is 27.6. The highest BCUT2D eigenvalue weighted by Crippen LogP contribution is 2.07. The summed E-state index contributed by atoms with van der Waals surface area (Å²) in [7, 11) is -3.84. The SMILES string of the molecule is CC(C)OC(=O)c1ccc(C(=O)NS(=O)(=O)Cc2ccccc2)cn1. The molecule has 2 rings (SSSR count). The average molecular weight is 362 g/mol. The lowest BCUT2D eigenvalue weighted by atomic mass is 10.2.